The van der Waals surface area contributed by atoms with Gasteiger partial charge in [-0.3, -0.25) is 9.54 Å². The second-order valence-electron chi connectivity index (χ2n) is 8.10. The number of aromatic nitrogens is 2. The average Bonchev–Trinajstić information content (AvgIpc) is 3.30. The number of halogens is 4. The summed E-state index contributed by atoms with van der Waals surface area (Å²) in [6, 6.07) is 13.3. The lowest BCUT2D eigenvalue weighted by Gasteiger charge is -2.06. The Morgan fingerprint density at radius 2 is 1.87 bits per heavy atom. The molecule has 0 saturated heterocycles. The number of benzene rings is 2. The normalized spacial score (nSPS) is 12.1. The fraction of sp³-hybridized carbons (Fsp3) is 0.200. The van der Waals surface area contributed by atoms with Crippen LogP contribution >= 0.6 is 0 Å². The first-order valence-electron chi connectivity index (χ1n) is 11.2. The molecule has 0 saturated carbocycles. The van der Waals surface area contributed by atoms with Gasteiger partial charge in [-0.1, -0.05) is 23.8 Å². The van der Waals surface area contributed by atoms with Crippen molar-refractivity contribution in [3.05, 3.63) is 89.5 Å². The van der Waals surface area contributed by atoms with Crippen molar-refractivity contribution >= 4 is 27.2 Å². The smallest absolute Gasteiger partial charge is 0.433 e. The number of oxazole rings is 1. The van der Waals surface area contributed by atoms with Gasteiger partial charge in [0, 0.05) is 30.9 Å². The first kappa shape index (κ1) is 29.5. The summed E-state index contributed by atoms with van der Waals surface area (Å²) in [5.41, 5.74) is 7.20. The second kappa shape index (κ2) is 12.7. The van der Waals surface area contributed by atoms with Gasteiger partial charge in [0.1, 0.15) is 23.6 Å². The van der Waals surface area contributed by atoms with Crippen molar-refractivity contribution in [2.75, 3.05) is 18.5 Å². The number of hydrogen-bond acceptors (Lipinski definition) is 8. The molecule has 0 atom stereocenters. The van der Waals surface area contributed by atoms with Crippen LogP contribution in [0.4, 0.5) is 23.6 Å². The molecule has 4 aromatic rings. The van der Waals surface area contributed by atoms with Crippen molar-refractivity contribution in [1.29, 1.82) is 0 Å². The van der Waals surface area contributed by atoms with Gasteiger partial charge in [0.05, 0.1) is 11.2 Å². The van der Waals surface area contributed by atoms with Crippen molar-refractivity contribution in [1.82, 2.24) is 9.97 Å². The quantitative estimate of drug-likeness (QED) is 0.191. The standard InChI is InChI=1S/C18H16F4N4O2.C7H8O3S/c19-6-12(7-23)10-27-13-2-3-14-15(5-13)28-17(26-14)25-9-11-1-4-16(24-8-11)18(20,21)22;1-6-2-4-7(5-3-6)11(8,9)10/h1-6,8H,7,9-10,23H2,(H,25,26);2-5H,1H3,(H,8,9,10). The summed E-state index contributed by atoms with van der Waals surface area (Å²) < 4.78 is 90.6. The lowest BCUT2D eigenvalue weighted by molar-refractivity contribution is -0.141. The summed E-state index contributed by atoms with van der Waals surface area (Å²) >= 11 is 0. The largest absolute Gasteiger partial charge is 0.489 e. The number of fused-ring (bicyclic) bond motifs is 1. The van der Waals surface area contributed by atoms with Crippen LogP contribution in [0, 0.1) is 6.92 Å². The highest BCUT2D eigenvalue weighted by Gasteiger charge is 2.32. The Hall–Kier alpha value is -4.01. The monoisotopic (exact) mass is 568 g/mol. The van der Waals surface area contributed by atoms with Crippen LogP contribution in [0.1, 0.15) is 16.8 Å². The molecule has 0 aliphatic carbocycles. The number of aryl methyl sites for hydroxylation is 1. The first-order chi connectivity index (χ1) is 18.4. The van der Waals surface area contributed by atoms with Gasteiger partial charge >= 0.3 is 6.18 Å². The number of nitrogens with two attached hydrogens (primary N) is 1. The van der Waals surface area contributed by atoms with Crippen molar-refractivity contribution in [2.24, 2.45) is 5.73 Å². The molecule has 0 spiro atoms. The summed E-state index contributed by atoms with van der Waals surface area (Å²) in [4.78, 5) is 7.55. The van der Waals surface area contributed by atoms with Gasteiger partial charge in [-0.2, -0.15) is 26.6 Å². The highest BCUT2D eigenvalue weighted by atomic mass is 32.2. The van der Waals surface area contributed by atoms with Gasteiger partial charge in [0.15, 0.2) is 5.58 Å². The number of alkyl halides is 3. The predicted octanol–water partition coefficient (Wildman–Crippen LogP) is 5.29. The van der Waals surface area contributed by atoms with Gasteiger partial charge in [-0.25, -0.2) is 4.39 Å². The van der Waals surface area contributed by atoms with E-state index in [4.69, 9.17) is 19.4 Å². The molecule has 2 heterocycles. The number of hydrogen-bond donors (Lipinski definition) is 3. The Morgan fingerprint density at radius 1 is 1.15 bits per heavy atom. The molecule has 0 radical (unpaired) electrons. The van der Waals surface area contributed by atoms with Crippen LogP contribution in [0.5, 0.6) is 5.75 Å². The van der Waals surface area contributed by atoms with E-state index < -0.39 is 22.0 Å². The maximum absolute atomic E-state index is 12.5. The molecule has 39 heavy (non-hydrogen) atoms. The van der Waals surface area contributed by atoms with Gasteiger partial charge in [-0.15, -0.1) is 0 Å². The molecule has 9 nitrogen and oxygen atoms in total. The molecule has 0 unspecified atom stereocenters. The van der Waals surface area contributed by atoms with E-state index in [-0.39, 0.29) is 30.6 Å². The number of rotatable bonds is 8. The minimum atomic E-state index is -4.48. The van der Waals surface area contributed by atoms with Crippen LogP contribution in [0.15, 0.2) is 82.0 Å². The first-order valence-corrected chi connectivity index (χ1v) is 12.6. The van der Waals surface area contributed by atoms with Crippen molar-refractivity contribution in [3.8, 4) is 5.75 Å². The third kappa shape index (κ3) is 8.77. The van der Waals surface area contributed by atoms with E-state index in [0.717, 1.165) is 17.8 Å². The molecule has 4 N–H and O–H groups in total. The molecule has 0 fully saturated rings. The zero-order valence-electron chi connectivity index (χ0n) is 20.4. The Bertz CT molecular complexity index is 1520. The highest BCUT2D eigenvalue weighted by molar-refractivity contribution is 7.85. The molecule has 0 bridgehead atoms. The van der Waals surface area contributed by atoms with E-state index in [1.807, 2.05) is 6.92 Å². The lowest BCUT2D eigenvalue weighted by atomic mass is 10.2. The van der Waals surface area contributed by atoms with Gasteiger partial charge in [0.25, 0.3) is 16.1 Å². The minimum absolute atomic E-state index is 0.0126. The van der Waals surface area contributed by atoms with Crippen LogP contribution < -0.4 is 15.8 Å². The number of ether oxygens (including phenoxy) is 1. The summed E-state index contributed by atoms with van der Waals surface area (Å²) in [7, 11) is -4.02. The molecular formula is C25H24F4N4O5S. The van der Waals surface area contributed by atoms with E-state index in [0.29, 0.717) is 34.3 Å². The van der Waals surface area contributed by atoms with Crippen molar-refractivity contribution in [3.63, 3.8) is 0 Å². The Morgan fingerprint density at radius 3 is 2.44 bits per heavy atom. The molecular weight excluding hydrogens is 544 g/mol. The minimum Gasteiger partial charge on any atom is -0.489 e. The van der Waals surface area contributed by atoms with Gasteiger partial charge in [0.2, 0.25) is 0 Å². The zero-order chi connectivity index (χ0) is 28.6. The van der Waals surface area contributed by atoms with E-state index in [1.54, 1.807) is 30.3 Å². The molecule has 4 rings (SSSR count). The van der Waals surface area contributed by atoms with Crippen LogP contribution in [0.25, 0.3) is 11.1 Å². The van der Waals surface area contributed by atoms with Crippen molar-refractivity contribution in [2.45, 2.75) is 24.5 Å². The molecule has 0 aliphatic rings. The topological polar surface area (TPSA) is 141 Å². The van der Waals surface area contributed by atoms with Gasteiger partial charge in [-0.05, 0) is 42.8 Å². The van der Waals surface area contributed by atoms with Crippen LogP contribution in [0.2, 0.25) is 0 Å². The maximum Gasteiger partial charge on any atom is 0.433 e. The highest BCUT2D eigenvalue weighted by Crippen LogP contribution is 2.28. The molecule has 0 amide bonds. The van der Waals surface area contributed by atoms with Gasteiger partial charge < -0.3 is 20.2 Å². The molecule has 2 aromatic carbocycles. The van der Waals surface area contributed by atoms with Crippen LogP contribution in [-0.2, 0) is 22.8 Å². The molecule has 2 aromatic heterocycles. The maximum atomic E-state index is 12.5. The Balaban J connectivity index is 0.000000320. The molecule has 0 aliphatic heterocycles. The third-order valence-electron chi connectivity index (χ3n) is 5.08. The molecule has 14 heteroatoms. The number of nitrogens with one attached hydrogen (secondary N) is 1. The number of nitrogens with zero attached hydrogens (tertiary/aromatic N) is 2. The Labute approximate surface area is 221 Å². The Kier molecular flexibility index (Phi) is 9.61. The lowest BCUT2D eigenvalue weighted by Crippen LogP contribution is -2.10. The predicted molar refractivity (Wildman–Crippen MR) is 135 cm³/mol. The number of anilines is 1. The second-order valence-corrected chi connectivity index (χ2v) is 9.52. The fourth-order valence-electron chi connectivity index (χ4n) is 2.97. The average molecular weight is 569 g/mol. The van der Waals surface area contributed by atoms with E-state index in [1.165, 1.54) is 18.2 Å². The summed E-state index contributed by atoms with van der Waals surface area (Å²) in [5.74, 6) is 0.454. The van der Waals surface area contributed by atoms with E-state index >= 15 is 0 Å². The van der Waals surface area contributed by atoms with Crippen molar-refractivity contribution < 1.29 is 39.7 Å². The summed E-state index contributed by atoms with van der Waals surface area (Å²) in [5, 5.41) is 2.88. The fourth-order valence-corrected chi connectivity index (χ4v) is 3.45. The SMILES string of the molecule is Cc1ccc(S(=O)(=O)O)cc1.NCC(=CF)COc1ccc2nc(NCc3ccc(C(F)(F)F)nc3)oc2c1. The van der Waals surface area contributed by atoms with Crippen LogP contribution in [0.3, 0.4) is 0 Å². The molecule has 208 valence electrons. The number of pyridine rings is 1. The summed E-state index contributed by atoms with van der Waals surface area (Å²) in [6.45, 7) is 2.09. The summed E-state index contributed by atoms with van der Waals surface area (Å²) in [6.07, 6.45) is -2.93. The van der Waals surface area contributed by atoms with E-state index in [2.05, 4.69) is 15.3 Å². The van der Waals surface area contributed by atoms with E-state index in [9.17, 15) is 26.0 Å². The zero-order valence-corrected chi connectivity index (χ0v) is 21.3. The third-order valence-corrected chi connectivity index (χ3v) is 5.95. The van der Waals surface area contributed by atoms with Crippen LogP contribution in [-0.4, -0.2) is 36.1 Å².